The van der Waals surface area contributed by atoms with Gasteiger partial charge in [-0.15, -0.1) is 0 Å². The largest absolute Gasteiger partial charge is 0.314 e. The van der Waals surface area contributed by atoms with Crippen LogP contribution in [0.3, 0.4) is 0 Å². The molecule has 1 aromatic carbocycles. The molecule has 2 rings (SSSR count). The monoisotopic (exact) mass is 243 g/mol. The van der Waals surface area contributed by atoms with E-state index in [1.54, 1.807) is 0 Å². The van der Waals surface area contributed by atoms with Crippen molar-refractivity contribution < 1.29 is 0 Å². The lowest BCUT2D eigenvalue weighted by atomic mass is 9.86. The zero-order valence-corrected chi connectivity index (χ0v) is 11.2. The van der Waals surface area contributed by atoms with Gasteiger partial charge in [0.25, 0.3) is 0 Å². The summed E-state index contributed by atoms with van der Waals surface area (Å²) in [6.45, 7) is 7.99. The van der Waals surface area contributed by atoms with E-state index in [0.29, 0.717) is 0 Å². The third kappa shape index (κ3) is 2.27. The van der Waals surface area contributed by atoms with Gasteiger partial charge in [0, 0.05) is 26.2 Å². The van der Waals surface area contributed by atoms with Gasteiger partial charge in [0.2, 0.25) is 0 Å². The van der Waals surface area contributed by atoms with Crippen molar-refractivity contribution in [1.29, 1.82) is 5.26 Å². The van der Waals surface area contributed by atoms with Gasteiger partial charge in [-0.05, 0) is 18.9 Å². The normalized spacial score (nSPS) is 20.1. The Morgan fingerprint density at radius 3 is 2.39 bits per heavy atom. The summed E-state index contributed by atoms with van der Waals surface area (Å²) in [4.78, 5) is 2.31. The minimum Gasteiger partial charge on any atom is -0.314 e. The Morgan fingerprint density at radius 1 is 1.28 bits per heavy atom. The van der Waals surface area contributed by atoms with Crippen LogP contribution in [0.15, 0.2) is 24.3 Å². The summed E-state index contributed by atoms with van der Waals surface area (Å²) >= 11 is 0. The zero-order valence-electron chi connectivity index (χ0n) is 11.2. The van der Waals surface area contributed by atoms with E-state index in [0.717, 1.165) is 38.2 Å². The molecule has 0 radical (unpaired) electrons. The average Bonchev–Trinajstić information content (AvgIpc) is 2.44. The Hall–Kier alpha value is -1.37. The number of aryl methyl sites for hydroxylation is 1. The average molecular weight is 243 g/mol. The predicted octanol–water partition coefficient (Wildman–Crippen LogP) is 2.03. The van der Waals surface area contributed by atoms with E-state index >= 15 is 0 Å². The number of rotatable bonds is 3. The van der Waals surface area contributed by atoms with E-state index in [4.69, 9.17) is 0 Å². The van der Waals surface area contributed by atoms with Gasteiger partial charge in [0.05, 0.1) is 6.07 Å². The van der Waals surface area contributed by atoms with Crippen LogP contribution in [-0.2, 0) is 5.54 Å². The van der Waals surface area contributed by atoms with Gasteiger partial charge in [-0.25, -0.2) is 0 Å². The van der Waals surface area contributed by atoms with Crippen molar-refractivity contribution in [2.45, 2.75) is 25.8 Å². The zero-order chi connectivity index (χ0) is 13.0. The molecule has 18 heavy (non-hydrogen) atoms. The first-order valence-electron chi connectivity index (χ1n) is 6.67. The first-order valence-corrected chi connectivity index (χ1v) is 6.67. The molecule has 0 aromatic heterocycles. The van der Waals surface area contributed by atoms with E-state index in [1.165, 1.54) is 5.56 Å². The molecule has 3 heteroatoms. The standard InChI is InChI=1S/C15H21N3/c1-3-15(12-16,18-10-8-17-9-11-18)14-6-4-13(2)5-7-14/h4-7,17H,3,8-11H2,1-2H3. The molecule has 0 bridgehead atoms. The quantitative estimate of drug-likeness (QED) is 0.883. The molecule has 1 unspecified atom stereocenters. The molecule has 1 saturated heterocycles. The molecular weight excluding hydrogens is 222 g/mol. The minimum absolute atomic E-state index is 0.462. The summed E-state index contributed by atoms with van der Waals surface area (Å²) in [7, 11) is 0. The van der Waals surface area contributed by atoms with Gasteiger partial charge in [0.15, 0.2) is 0 Å². The van der Waals surface area contributed by atoms with Crippen LogP contribution in [0.5, 0.6) is 0 Å². The maximum Gasteiger partial charge on any atom is 0.134 e. The topological polar surface area (TPSA) is 39.1 Å². The second-order valence-corrected chi connectivity index (χ2v) is 4.93. The molecule has 1 aliphatic heterocycles. The Bertz CT molecular complexity index is 426. The summed E-state index contributed by atoms with van der Waals surface area (Å²) in [5.74, 6) is 0. The SMILES string of the molecule is CCC(C#N)(c1ccc(C)cc1)N1CCNCC1. The lowest BCUT2D eigenvalue weighted by molar-refractivity contribution is 0.113. The molecule has 1 aromatic rings. The molecule has 1 aliphatic rings. The fraction of sp³-hybridized carbons (Fsp3) is 0.533. The fourth-order valence-electron chi connectivity index (χ4n) is 2.70. The highest BCUT2D eigenvalue weighted by Crippen LogP contribution is 2.32. The summed E-state index contributed by atoms with van der Waals surface area (Å²) in [6.07, 6.45) is 0.826. The smallest absolute Gasteiger partial charge is 0.134 e. The maximum absolute atomic E-state index is 9.74. The molecule has 1 heterocycles. The summed E-state index contributed by atoms with van der Waals surface area (Å²) < 4.78 is 0. The van der Waals surface area contributed by atoms with Crippen molar-refractivity contribution in [3.63, 3.8) is 0 Å². The number of benzene rings is 1. The second kappa shape index (κ2) is 5.51. The molecule has 96 valence electrons. The van der Waals surface area contributed by atoms with E-state index < -0.39 is 5.54 Å². The van der Waals surface area contributed by atoms with E-state index in [9.17, 15) is 5.26 Å². The Morgan fingerprint density at radius 2 is 1.89 bits per heavy atom. The molecule has 1 fully saturated rings. The number of piperazine rings is 1. The molecule has 0 aliphatic carbocycles. The third-order valence-electron chi connectivity index (χ3n) is 3.88. The molecule has 0 amide bonds. The van der Waals surface area contributed by atoms with Gasteiger partial charge in [0.1, 0.15) is 5.54 Å². The molecule has 1 N–H and O–H groups in total. The van der Waals surface area contributed by atoms with Crippen molar-refractivity contribution in [2.24, 2.45) is 0 Å². The molecule has 0 spiro atoms. The van der Waals surface area contributed by atoms with Crippen molar-refractivity contribution in [3.05, 3.63) is 35.4 Å². The Kier molecular flexibility index (Phi) is 4.00. The van der Waals surface area contributed by atoms with Crippen molar-refractivity contribution in [2.75, 3.05) is 26.2 Å². The number of hydrogen-bond acceptors (Lipinski definition) is 3. The van der Waals surface area contributed by atoms with Gasteiger partial charge < -0.3 is 5.32 Å². The van der Waals surface area contributed by atoms with Gasteiger partial charge in [-0.1, -0.05) is 36.8 Å². The Balaban J connectivity index is 2.36. The summed E-state index contributed by atoms with van der Waals surface area (Å²) in [5, 5.41) is 13.1. The molecule has 0 saturated carbocycles. The number of hydrogen-bond donors (Lipinski definition) is 1. The van der Waals surface area contributed by atoms with Crippen molar-refractivity contribution in [1.82, 2.24) is 10.2 Å². The first kappa shape index (κ1) is 13.1. The molecular formula is C15H21N3. The predicted molar refractivity (Wildman–Crippen MR) is 73.2 cm³/mol. The van der Waals surface area contributed by atoms with Crippen LogP contribution < -0.4 is 5.32 Å². The minimum atomic E-state index is -0.462. The number of nitriles is 1. The lowest BCUT2D eigenvalue weighted by Gasteiger charge is -2.41. The van der Waals surface area contributed by atoms with Crippen LogP contribution in [-0.4, -0.2) is 31.1 Å². The number of nitrogens with one attached hydrogen (secondary N) is 1. The molecule has 1 atom stereocenters. The highest BCUT2D eigenvalue weighted by atomic mass is 15.2. The Labute approximate surface area is 109 Å². The number of nitrogens with zero attached hydrogens (tertiary/aromatic N) is 2. The molecule has 3 nitrogen and oxygen atoms in total. The van der Waals surface area contributed by atoms with Crippen molar-refractivity contribution in [3.8, 4) is 6.07 Å². The van der Waals surface area contributed by atoms with E-state index in [2.05, 4.69) is 54.4 Å². The maximum atomic E-state index is 9.74. The summed E-state index contributed by atoms with van der Waals surface area (Å²) in [6, 6.07) is 11.0. The van der Waals surface area contributed by atoms with Gasteiger partial charge in [-0.3, -0.25) is 4.90 Å². The second-order valence-electron chi connectivity index (χ2n) is 4.93. The van der Waals surface area contributed by atoms with Crippen LogP contribution >= 0.6 is 0 Å². The van der Waals surface area contributed by atoms with Crippen LogP contribution in [0, 0.1) is 18.3 Å². The highest BCUT2D eigenvalue weighted by molar-refractivity contribution is 5.33. The van der Waals surface area contributed by atoms with Crippen LogP contribution in [0.2, 0.25) is 0 Å². The summed E-state index contributed by atoms with van der Waals surface area (Å²) in [5.41, 5.74) is 1.90. The lowest BCUT2D eigenvalue weighted by Crippen LogP contribution is -2.53. The van der Waals surface area contributed by atoms with Crippen LogP contribution in [0.1, 0.15) is 24.5 Å². The van der Waals surface area contributed by atoms with E-state index in [1.807, 2.05) is 0 Å². The first-order chi connectivity index (χ1) is 8.73. The van der Waals surface area contributed by atoms with Gasteiger partial charge in [-0.2, -0.15) is 5.26 Å². The third-order valence-corrected chi connectivity index (χ3v) is 3.88. The van der Waals surface area contributed by atoms with Crippen LogP contribution in [0.25, 0.3) is 0 Å². The van der Waals surface area contributed by atoms with Crippen LogP contribution in [0.4, 0.5) is 0 Å². The van der Waals surface area contributed by atoms with Crippen molar-refractivity contribution >= 4 is 0 Å². The fourth-order valence-corrected chi connectivity index (χ4v) is 2.70. The van der Waals surface area contributed by atoms with E-state index in [-0.39, 0.29) is 0 Å². The van der Waals surface area contributed by atoms with Gasteiger partial charge >= 0.3 is 0 Å². The highest BCUT2D eigenvalue weighted by Gasteiger charge is 2.37.